The maximum absolute atomic E-state index is 12.9. The molecule has 0 spiro atoms. The van der Waals surface area contributed by atoms with E-state index in [1.165, 1.54) is 18.2 Å². The third-order valence-electron chi connectivity index (χ3n) is 5.62. The van der Waals surface area contributed by atoms with Gasteiger partial charge in [-0.2, -0.15) is 0 Å². The number of hydrogen-bond donors (Lipinski definition) is 2. The Hall–Kier alpha value is -1.95. The molecule has 146 valence electrons. The summed E-state index contributed by atoms with van der Waals surface area (Å²) >= 11 is 1.48. The summed E-state index contributed by atoms with van der Waals surface area (Å²) in [4.78, 5) is 26.1. The van der Waals surface area contributed by atoms with Crippen LogP contribution in [0.2, 0.25) is 0 Å². The van der Waals surface area contributed by atoms with E-state index in [-0.39, 0.29) is 17.9 Å². The minimum atomic E-state index is -0.225. The Balaban J connectivity index is 1.73. The van der Waals surface area contributed by atoms with Crippen molar-refractivity contribution in [1.29, 1.82) is 0 Å². The number of carbonyl (C=O) groups is 2. The number of amides is 2. The second-order valence-electron chi connectivity index (χ2n) is 7.43. The van der Waals surface area contributed by atoms with Crippen LogP contribution >= 0.6 is 11.8 Å². The van der Waals surface area contributed by atoms with Crippen molar-refractivity contribution in [2.75, 3.05) is 17.7 Å². The lowest BCUT2D eigenvalue weighted by Gasteiger charge is -2.34. The number of allylic oxidation sites excluding steroid dienone is 1. The van der Waals surface area contributed by atoms with Gasteiger partial charge in [0, 0.05) is 11.8 Å². The minimum absolute atomic E-state index is 0.130. The van der Waals surface area contributed by atoms with Crippen LogP contribution in [0.4, 0.5) is 5.69 Å². The third kappa shape index (κ3) is 4.67. The summed E-state index contributed by atoms with van der Waals surface area (Å²) in [6.07, 6.45) is 3.36. The Bertz CT molecular complexity index is 747. The average Bonchev–Trinajstić information content (AvgIpc) is 2.66. The van der Waals surface area contributed by atoms with E-state index >= 15 is 0 Å². The molecule has 2 aliphatic rings. The molecule has 0 saturated heterocycles. The molecule has 0 unspecified atom stereocenters. The summed E-state index contributed by atoms with van der Waals surface area (Å²) in [5, 5.41) is 6.08. The molecule has 0 radical (unpaired) electrons. The van der Waals surface area contributed by atoms with Gasteiger partial charge in [0.05, 0.1) is 17.9 Å². The van der Waals surface area contributed by atoms with Crippen molar-refractivity contribution >= 4 is 29.3 Å². The van der Waals surface area contributed by atoms with Crippen LogP contribution < -0.4 is 10.6 Å². The molecule has 3 rings (SSSR count). The lowest BCUT2D eigenvalue weighted by atomic mass is 9.78. The van der Waals surface area contributed by atoms with Crippen LogP contribution in [-0.4, -0.2) is 30.2 Å². The van der Waals surface area contributed by atoms with Gasteiger partial charge in [-0.15, -0.1) is 11.8 Å². The SMILES string of the molecule is CC1=C(C(=O)Nc2ccccc2C(=O)N[C@@H]2CCC[C@@H](C)[C@H]2C)SCCO1. The van der Waals surface area contributed by atoms with Gasteiger partial charge in [-0.25, -0.2) is 0 Å². The van der Waals surface area contributed by atoms with E-state index in [4.69, 9.17) is 4.74 Å². The first-order valence-corrected chi connectivity index (χ1v) is 10.6. The Morgan fingerprint density at radius 2 is 1.93 bits per heavy atom. The molecule has 1 aliphatic carbocycles. The quantitative estimate of drug-likeness (QED) is 0.812. The summed E-state index contributed by atoms with van der Waals surface area (Å²) in [6.45, 7) is 6.87. The number of carbonyl (C=O) groups excluding carboxylic acids is 2. The van der Waals surface area contributed by atoms with Crippen molar-refractivity contribution in [2.45, 2.75) is 46.1 Å². The molecule has 2 amide bonds. The number of para-hydroxylation sites is 1. The topological polar surface area (TPSA) is 67.4 Å². The highest BCUT2D eigenvalue weighted by molar-refractivity contribution is 8.04. The first-order chi connectivity index (χ1) is 13.0. The normalized spacial score (nSPS) is 25.5. The summed E-state index contributed by atoms with van der Waals surface area (Å²) in [7, 11) is 0. The lowest BCUT2D eigenvalue weighted by Crippen LogP contribution is -2.43. The van der Waals surface area contributed by atoms with Crippen LogP contribution in [0.1, 0.15) is 50.4 Å². The summed E-state index contributed by atoms with van der Waals surface area (Å²) in [5.41, 5.74) is 1.03. The molecular weight excluding hydrogens is 360 g/mol. The second kappa shape index (κ2) is 8.83. The largest absolute Gasteiger partial charge is 0.496 e. The number of rotatable bonds is 4. The highest BCUT2D eigenvalue weighted by Gasteiger charge is 2.29. The van der Waals surface area contributed by atoms with Crippen molar-refractivity contribution in [2.24, 2.45) is 11.8 Å². The number of hydrogen-bond acceptors (Lipinski definition) is 4. The van der Waals surface area contributed by atoms with Gasteiger partial charge in [0.2, 0.25) is 0 Å². The monoisotopic (exact) mass is 388 g/mol. The van der Waals surface area contributed by atoms with Crippen LogP contribution in [-0.2, 0) is 9.53 Å². The van der Waals surface area contributed by atoms with Gasteiger partial charge < -0.3 is 15.4 Å². The smallest absolute Gasteiger partial charge is 0.265 e. The molecule has 3 atom stereocenters. The van der Waals surface area contributed by atoms with E-state index in [0.717, 1.165) is 18.6 Å². The maximum atomic E-state index is 12.9. The molecule has 0 aromatic heterocycles. The molecule has 0 bridgehead atoms. The predicted octanol–water partition coefficient (Wildman–Crippen LogP) is 4.17. The summed E-state index contributed by atoms with van der Waals surface area (Å²) in [5.74, 6) is 2.09. The van der Waals surface area contributed by atoms with Crippen molar-refractivity contribution in [3.8, 4) is 0 Å². The van der Waals surface area contributed by atoms with Gasteiger partial charge in [-0.05, 0) is 37.3 Å². The van der Waals surface area contributed by atoms with Gasteiger partial charge in [0.1, 0.15) is 10.7 Å². The molecule has 5 nitrogen and oxygen atoms in total. The molecule has 2 N–H and O–H groups in total. The molecule has 1 aromatic carbocycles. The van der Waals surface area contributed by atoms with Crippen molar-refractivity contribution in [3.63, 3.8) is 0 Å². The Labute approximate surface area is 165 Å². The molecule has 1 aliphatic heterocycles. The van der Waals surface area contributed by atoms with E-state index in [2.05, 4.69) is 24.5 Å². The predicted molar refractivity (Wildman–Crippen MR) is 110 cm³/mol. The molecule has 1 saturated carbocycles. The third-order valence-corrected chi connectivity index (χ3v) is 6.75. The molecular formula is C21H28N2O3S. The maximum Gasteiger partial charge on any atom is 0.265 e. The highest BCUT2D eigenvalue weighted by atomic mass is 32.2. The Morgan fingerprint density at radius 1 is 1.15 bits per heavy atom. The number of ether oxygens (including phenoxy) is 1. The number of benzene rings is 1. The summed E-state index contributed by atoms with van der Waals surface area (Å²) in [6, 6.07) is 7.35. The van der Waals surface area contributed by atoms with E-state index in [0.29, 0.717) is 40.4 Å². The van der Waals surface area contributed by atoms with Gasteiger partial charge in [0.15, 0.2) is 0 Å². The first kappa shape index (κ1) is 19.8. The fourth-order valence-electron chi connectivity index (χ4n) is 3.73. The minimum Gasteiger partial charge on any atom is -0.496 e. The molecule has 1 fully saturated rings. The van der Waals surface area contributed by atoms with Crippen LogP contribution in [0.3, 0.4) is 0 Å². The van der Waals surface area contributed by atoms with Crippen LogP contribution in [0, 0.1) is 11.8 Å². The number of nitrogens with one attached hydrogen (secondary N) is 2. The van der Waals surface area contributed by atoms with Gasteiger partial charge in [-0.1, -0.05) is 38.8 Å². The summed E-state index contributed by atoms with van der Waals surface area (Å²) < 4.78 is 5.47. The Kier molecular flexibility index (Phi) is 6.47. The zero-order valence-corrected chi connectivity index (χ0v) is 17.0. The van der Waals surface area contributed by atoms with Crippen LogP contribution in [0.15, 0.2) is 34.9 Å². The van der Waals surface area contributed by atoms with Crippen molar-refractivity contribution < 1.29 is 14.3 Å². The van der Waals surface area contributed by atoms with E-state index in [1.807, 2.05) is 12.1 Å². The average molecular weight is 389 g/mol. The zero-order chi connectivity index (χ0) is 19.4. The van der Waals surface area contributed by atoms with Crippen LogP contribution in [0.25, 0.3) is 0 Å². The number of anilines is 1. The van der Waals surface area contributed by atoms with E-state index in [9.17, 15) is 9.59 Å². The molecule has 27 heavy (non-hydrogen) atoms. The first-order valence-electron chi connectivity index (χ1n) is 9.65. The van der Waals surface area contributed by atoms with Gasteiger partial charge in [-0.3, -0.25) is 9.59 Å². The fraction of sp³-hybridized carbons (Fsp3) is 0.524. The van der Waals surface area contributed by atoms with Crippen molar-refractivity contribution in [1.82, 2.24) is 5.32 Å². The van der Waals surface area contributed by atoms with Gasteiger partial charge >= 0.3 is 0 Å². The number of thioether (sulfide) groups is 1. The Morgan fingerprint density at radius 3 is 2.70 bits per heavy atom. The standard InChI is InChI=1S/C21H28N2O3S/c1-13-7-6-10-17(14(13)2)22-20(24)16-8-4-5-9-18(16)23-21(25)19-15(3)26-11-12-27-19/h4-5,8-9,13-14,17H,6-7,10-12H2,1-3H3,(H,22,24)(H,23,25)/t13-,14-,17-/m1/s1. The van der Waals surface area contributed by atoms with E-state index in [1.54, 1.807) is 19.1 Å². The van der Waals surface area contributed by atoms with Gasteiger partial charge in [0.25, 0.3) is 11.8 Å². The zero-order valence-electron chi connectivity index (χ0n) is 16.2. The molecule has 6 heteroatoms. The second-order valence-corrected chi connectivity index (χ2v) is 8.53. The lowest BCUT2D eigenvalue weighted by molar-refractivity contribution is -0.112. The van der Waals surface area contributed by atoms with Crippen LogP contribution in [0.5, 0.6) is 0 Å². The van der Waals surface area contributed by atoms with E-state index < -0.39 is 0 Å². The van der Waals surface area contributed by atoms with Crippen molar-refractivity contribution in [3.05, 3.63) is 40.5 Å². The fourth-order valence-corrected chi connectivity index (χ4v) is 4.55. The molecule has 1 aromatic rings. The highest BCUT2D eigenvalue weighted by Crippen LogP contribution is 2.30. The molecule has 1 heterocycles.